The van der Waals surface area contributed by atoms with E-state index in [2.05, 4.69) is 39.0 Å². The molecule has 0 aliphatic heterocycles. The van der Waals surface area contributed by atoms with Crippen LogP contribution in [-0.2, 0) is 13.5 Å². The third-order valence-electron chi connectivity index (χ3n) is 2.83. The van der Waals surface area contributed by atoms with Crippen molar-refractivity contribution >= 4 is 15.9 Å². The summed E-state index contributed by atoms with van der Waals surface area (Å²) in [5, 5.41) is 4.18. The van der Waals surface area contributed by atoms with E-state index in [1.165, 1.54) is 5.56 Å². The van der Waals surface area contributed by atoms with E-state index < -0.39 is 0 Å². The third-order valence-corrected chi connectivity index (χ3v) is 3.44. The molecule has 1 atom stereocenters. The van der Waals surface area contributed by atoms with Crippen LogP contribution in [0.2, 0.25) is 0 Å². The van der Waals surface area contributed by atoms with Gasteiger partial charge in [-0.3, -0.25) is 9.67 Å². The Bertz CT molecular complexity index is 501. The molecule has 0 aliphatic rings. The van der Waals surface area contributed by atoms with Gasteiger partial charge in [0.2, 0.25) is 0 Å². The van der Waals surface area contributed by atoms with Crippen molar-refractivity contribution in [1.82, 2.24) is 14.8 Å². The minimum absolute atomic E-state index is 0.256. The van der Waals surface area contributed by atoms with Crippen LogP contribution in [0.1, 0.15) is 29.9 Å². The maximum absolute atomic E-state index is 6.29. The number of rotatable bonds is 3. The minimum Gasteiger partial charge on any atom is -0.318 e. The Balaban J connectivity index is 2.47. The van der Waals surface area contributed by atoms with Gasteiger partial charge in [0.05, 0.1) is 28.1 Å². The van der Waals surface area contributed by atoms with Crippen molar-refractivity contribution in [2.45, 2.75) is 19.4 Å². The predicted molar refractivity (Wildman–Crippen MR) is 70.6 cm³/mol. The van der Waals surface area contributed by atoms with Crippen molar-refractivity contribution < 1.29 is 0 Å². The van der Waals surface area contributed by atoms with Crippen LogP contribution in [0.3, 0.4) is 0 Å². The van der Waals surface area contributed by atoms with Crippen molar-refractivity contribution in [3.63, 3.8) is 0 Å². The van der Waals surface area contributed by atoms with E-state index >= 15 is 0 Å². The topological polar surface area (TPSA) is 56.7 Å². The first kappa shape index (κ1) is 12.3. The SMILES string of the molecule is CCc1cccnc1C(N)c1c(Br)cnn1C. The quantitative estimate of drug-likeness (QED) is 0.944. The molecular weight excluding hydrogens is 280 g/mol. The molecule has 1 unspecified atom stereocenters. The molecule has 0 aliphatic carbocycles. The van der Waals surface area contributed by atoms with E-state index in [1.54, 1.807) is 17.1 Å². The lowest BCUT2D eigenvalue weighted by Gasteiger charge is -2.15. The van der Waals surface area contributed by atoms with E-state index in [4.69, 9.17) is 5.73 Å². The molecule has 17 heavy (non-hydrogen) atoms. The molecule has 2 aromatic heterocycles. The van der Waals surface area contributed by atoms with Crippen LogP contribution in [0.5, 0.6) is 0 Å². The number of aryl methyl sites for hydroxylation is 2. The standard InChI is InChI=1S/C12H15BrN4/c1-3-8-5-4-6-15-11(8)10(14)12-9(13)7-16-17(12)2/h4-7,10H,3,14H2,1-2H3. The largest absolute Gasteiger partial charge is 0.318 e. The summed E-state index contributed by atoms with van der Waals surface area (Å²) in [5.41, 5.74) is 9.32. The van der Waals surface area contributed by atoms with Crippen molar-refractivity contribution in [3.05, 3.63) is 46.0 Å². The summed E-state index contributed by atoms with van der Waals surface area (Å²) in [7, 11) is 1.88. The van der Waals surface area contributed by atoms with Crippen LogP contribution in [0.15, 0.2) is 29.0 Å². The molecule has 90 valence electrons. The van der Waals surface area contributed by atoms with Crippen molar-refractivity contribution in [1.29, 1.82) is 0 Å². The molecule has 2 N–H and O–H groups in total. The first-order valence-corrected chi connectivity index (χ1v) is 6.31. The molecule has 5 heteroatoms. The second-order valence-electron chi connectivity index (χ2n) is 3.88. The zero-order valence-electron chi connectivity index (χ0n) is 9.89. The zero-order valence-corrected chi connectivity index (χ0v) is 11.5. The Kier molecular flexibility index (Phi) is 3.59. The first-order chi connectivity index (χ1) is 8.15. The number of hydrogen-bond donors (Lipinski definition) is 1. The maximum Gasteiger partial charge on any atom is 0.0911 e. The molecule has 2 rings (SSSR count). The molecule has 2 aromatic rings. The van der Waals surface area contributed by atoms with Crippen LogP contribution in [0.4, 0.5) is 0 Å². The molecule has 0 radical (unpaired) electrons. The number of halogens is 1. The summed E-state index contributed by atoms with van der Waals surface area (Å²) in [6, 6.07) is 3.74. The van der Waals surface area contributed by atoms with Crippen molar-refractivity contribution in [2.75, 3.05) is 0 Å². The molecular formula is C12H15BrN4. The molecule has 0 amide bonds. The monoisotopic (exact) mass is 294 g/mol. The minimum atomic E-state index is -0.256. The van der Waals surface area contributed by atoms with Gasteiger partial charge >= 0.3 is 0 Å². The lowest BCUT2D eigenvalue weighted by atomic mass is 10.0. The number of aromatic nitrogens is 3. The Morgan fingerprint density at radius 2 is 2.29 bits per heavy atom. The predicted octanol–water partition coefficient (Wildman–Crippen LogP) is 2.19. The van der Waals surface area contributed by atoms with Gasteiger partial charge in [-0.25, -0.2) is 0 Å². The fraction of sp³-hybridized carbons (Fsp3) is 0.333. The van der Waals surface area contributed by atoms with E-state index in [0.717, 1.165) is 22.3 Å². The van der Waals surface area contributed by atoms with E-state index in [-0.39, 0.29) is 6.04 Å². The van der Waals surface area contributed by atoms with E-state index in [0.29, 0.717) is 0 Å². The molecule has 0 spiro atoms. The lowest BCUT2D eigenvalue weighted by Crippen LogP contribution is -2.19. The van der Waals surface area contributed by atoms with Gasteiger partial charge in [0.25, 0.3) is 0 Å². The average molecular weight is 295 g/mol. The van der Waals surface area contributed by atoms with E-state index in [9.17, 15) is 0 Å². The molecule has 0 bridgehead atoms. The summed E-state index contributed by atoms with van der Waals surface area (Å²) in [6.07, 6.45) is 4.45. The van der Waals surface area contributed by atoms with Crippen molar-refractivity contribution in [3.8, 4) is 0 Å². The summed E-state index contributed by atoms with van der Waals surface area (Å²) in [4.78, 5) is 4.40. The van der Waals surface area contributed by atoms with Gasteiger partial charge in [-0.05, 0) is 34.0 Å². The van der Waals surface area contributed by atoms with Gasteiger partial charge < -0.3 is 5.73 Å². The average Bonchev–Trinajstić information content (AvgIpc) is 2.68. The third kappa shape index (κ3) is 2.25. The smallest absolute Gasteiger partial charge is 0.0911 e. The summed E-state index contributed by atoms with van der Waals surface area (Å²) in [6.45, 7) is 2.10. The normalized spacial score (nSPS) is 12.7. The van der Waals surface area contributed by atoms with Crippen LogP contribution >= 0.6 is 15.9 Å². The highest BCUT2D eigenvalue weighted by molar-refractivity contribution is 9.10. The van der Waals surface area contributed by atoms with Crippen LogP contribution in [0.25, 0.3) is 0 Å². The van der Waals surface area contributed by atoms with Gasteiger partial charge in [0.15, 0.2) is 0 Å². The van der Waals surface area contributed by atoms with Crippen molar-refractivity contribution in [2.24, 2.45) is 12.8 Å². The fourth-order valence-electron chi connectivity index (χ4n) is 1.93. The lowest BCUT2D eigenvalue weighted by molar-refractivity contribution is 0.657. The summed E-state index contributed by atoms with van der Waals surface area (Å²) in [5.74, 6) is 0. The Hall–Kier alpha value is -1.20. The zero-order chi connectivity index (χ0) is 12.4. The Labute approximate surface area is 109 Å². The summed E-state index contributed by atoms with van der Waals surface area (Å²) >= 11 is 3.47. The second-order valence-corrected chi connectivity index (χ2v) is 4.73. The highest BCUT2D eigenvalue weighted by Crippen LogP contribution is 2.26. The van der Waals surface area contributed by atoms with Crippen LogP contribution < -0.4 is 5.73 Å². The van der Waals surface area contributed by atoms with Gasteiger partial charge in [0, 0.05) is 13.2 Å². The maximum atomic E-state index is 6.29. The fourth-order valence-corrected chi connectivity index (χ4v) is 2.52. The highest BCUT2D eigenvalue weighted by Gasteiger charge is 2.19. The molecule has 4 nitrogen and oxygen atoms in total. The molecule has 0 aromatic carbocycles. The molecule has 0 fully saturated rings. The highest BCUT2D eigenvalue weighted by atomic mass is 79.9. The molecule has 2 heterocycles. The number of nitrogens with two attached hydrogens (primary N) is 1. The van der Waals surface area contributed by atoms with Gasteiger partial charge in [-0.1, -0.05) is 13.0 Å². The van der Waals surface area contributed by atoms with Crippen LogP contribution in [-0.4, -0.2) is 14.8 Å². The van der Waals surface area contributed by atoms with Gasteiger partial charge in [-0.15, -0.1) is 0 Å². The first-order valence-electron chi connectivity index (χ1n) is 5.52. The van der Waals surface area contributed by atoms with Gasteiger partial charge in [-0.2, -0.15) is 5.10 Å². The van der Waals surface area contributed by atoms with E-state index in [1.807, 2.05) is 13.1 Å². The number of pyridine rings is 1. The Morgan fingerprint density at radius 3 is 2.88 bits per heavy atom. The van der Waals surface area contributed by atoms with Crippen LogP contribution in [0, 0.1) is 0 Å². The summed E-state index contributed by atoms with van der Waals surface area (Å²) < 4.78 is 2.70. The molecule has 0 saturated carbocycles. The number of hydrogen-bond acceptors (Lipinski definition) is 3. The molecule has 0 saturated heterocycles. The second kappa shape index (κ2) is 4.98. The van der Waals surface area contributed by atoms with Gasteiger partial charge in [0.1, 0.15) is 0 Å². The Morgan fingerprint density at radius 1 is 1.53 bits per heavy atom. The number of nitrogens with zero attached hydrogens (tertiary/aromatic N) is 3.